The van der Waals surface area contributed by atoms with E-state index >= 15 is 0 Å². The molecule has 4 aromatic rings. The van der Waals surface area contributed by atoms with Crippen LogP contribution in [0.2, 0.25) is 0 Å². The second kappa shape index (κ2) is 7.08. The average Bonchev–Trinajstić information content (AvgIpc) is 3.18. The zero-order chi connectivity index (χ0) is 19.5. The summed E-state index contributed by atoms with van der Waals surface area (Å²) < 4.78 is 20.2. The fraction of sp³-hybridized carbons (Fsp3) is 0. The van der Waals surface area contributed by atoms with E-state index in [-0.39, 0.29) is 11.4 Å². The maximum absolute atomic E-state index is 13.0. The standard InChI is InChI=1S/C18H10FN7O2/c19-12-1-2-16(22-7-12)24-18(27)15-4-14(9-26-10-23-25-17(15)26)28-13-3-11(5-20)6-21-8-13/h1-4,6-10H,(H,22,24,27). The first-order chi connectivity index (χ1) is 13.6. The second-order valence-electron chi connectivity index (χ2n) is 5.59. The first-order valence-electron chi connectivity index (χ1n) is 7.92. The Bertz CT molecular complexity index is 1210. The Morgan fingerprint density at radius 3 is 2.89 bits per heavy atom. The summed E-state index contributed by atoms with van der Waals surface area (Å²) in [6.45, 7) is 0. The van der Waals surface area contributed by atoms with Crippen molar-refractivity contribution >= 4 is 17.4 Å². The van der Waals surface area contributed by atoms with Gasteiger partial charge in [0, 0.05) is 12.3 Å². The number of carbonyl (C=O) groups excluding carboxylic acids is 1. The van der Waals surface area contributed by atoms with Gasteiger partial charge in [0.2, 0.25) is 0 Å². The van der Waals surface area contributed by atoms with Gasteiger partial charge < -0.3 is 10.1 Å². The monoisotopic (exact) mass is 375 g/mol. The van der Waals surface area contributed by atoms with Crippen LogP contribution in [-0.2, 0) is 0 Å². The Labute approximate surface area is 157 Å². The van der Waals surface area contributed by atoms with Gasteiger partial charge in [-0.2, -0.15) is 5.26 Å². The van der Waals surface area contributed by atoms with Gasteiger partial charge in [0.15, 0.2) is 5.65 Å². The third-order valence-electron chi connectivity index (χ3n) is 3.66. The lowest BCUT2D eigenvalue weighted by molar-refractivity contribution is 0.102. The zero-order valence-electron chi connectivity index (χ0n) is 14.1. The van der Waals surface area contributed by atoms with E-state index in [0.717, 1.165) is 6.20 Å². The number of halogens is 1. The van der Waals surface area contributed by atoms with Crippen LogP contribution >= 0.6 is 0 Å². The highest BCUT2D eigenvalue weighted by molar-refractivity contribution is 6.08. The number of nitrogens with one attached hydrogen (secondary N) is 1. The van der Waals surface area contributed by atoms with Crippen molar-refractivity contribution in [3.05, 3.63) is 72.3 Å². The molecule has 4 rings (SSSR count). The van der Waals surface area contributed by atoms with Crippen LogP contribution < -0.4 is 10.1 Å². The molecule has 136 valence electrons. The fourth-order valence-electron chi connectivity index (χ4n) is 2.44. The van der Waals surface area contributed by atoms with Crippen molar-refractivity contribution in [1.29, 1.82) is 5.26 Å². The molecular weight excluding hydrogens is 365 g/mol. The molecule has 0 fully saturated rings. The molecule has 0 spiro atoms. The third-order valence-corrected chi connectivity index (χ3v) is 3.66. The first kappa shape index (κ1) is 17.0. The van der Waals surface area contributed by atoms with Crippen LogP contribution in [0, 0.1) is 17.1 Å². The molecular formula is C18H10FN7O2. The van der Waals surface area contributed by atoms with Crippen LogP contribution in [0.15, 0.2) is 55.4 Å². The molecule has 4 heterocycles. The molecule has 0 aliphatic heterocycles. The Kier molecular flexibility index (Phi) is 4.31. The van der Waals surface area contributed by atoms with Crippen molar-refractivity contribution in [2.75, 3.05) is 5.32 Å². The van der Waals surface area contributed by atoms with E-state index in [4.69, 9.17) is 10.00 Å². The highest BCUT2D eigenvalue weighted by Gasteiger charge is 2.16. The van der Waals surface area contributed by atoms with Gasteiger partial charge in [0.05, 0.1) is 29.7 Å². The summed E-state index contributed by atoms with van der Waals surface area (Å²) in [7, 11) is 0. The summed E-state index contributed by atoms with van der Waals surface area (Å²) in [4.78, 5) is 20.4. The van der Waals surface area contributed by atoms with Gasteiger partial charge >= 0.3 is 0 Å². The molecule has 0 bridgehead atoms. The van der Waals surface area contributed by atoms with Crippen molar-refractivity contribution in [2.24, 2.45) is 0 Å². The number of anilines is 1. The Hall–Kier alpha value is -4.39. The van der Waals surface area contributed by atoms with Gasteiger partial charge in [0.1, 0.15) is 35.5 Å². The number of fused-ring (bicyclic) bond motifs is 1. The van der Waals surface area contributed by atoms with Gasteiger partial charge in [-0.3, -0.25) is 14.2 Å². The van der Waals surface area contributed by atoms with E-state index in [9.17, 15) is 9.18 Å². The highest BCUT2D eigenvalue weighted by atomic mass is 19.1. The van der Waals surface area contributed by atoms with Crippen molar-refractivity contribution < 1.29 is 13.9 Å². The Balaban J connectivity index is 1.67. The summed E-state index contributed by atoms with van der Waals surface area (Å²) in [6, 6.07) is 7.49. The van der Waals surface area contributed by atoms with E-state index < -0.39 is 11.7 Å². The molecule has 0 aliphatic rings. The molecule has 28 heavy (non-hydrogen) atoms. The summed E-state index contributed by atoms with van der Waals surface area (Å²) in [5, 5.41) is 19.3. The Morgan fingerprint density at radius 1 is 1.21 bits per heavy atom. The van der Waals surface area contributed by atoms with Crippen LogP contribution in [0.5, 0.6) is 11.5 Å². The van der Waals surface area contributed by atoms with Gasteiger partial charge in [0.25, 0.3) is 5.91 Å². The summed E-state index contributed by atoms with van der Waals surface area (Å²) in [6.07, 6.45) is 6.85. The molecule has 0 aliphatic carbocycles. The topological polar surface area (TPSA) is 118 Å². The van der Waals surface area contributed by atoms with Crippen LogP contribution in [0.3, 0.4) is 0 Å². The van der Waals surface area contributed by atoms with Gasteiger partial charge in [-0.05, 0) is 18.2 Å². The van der Waals surface area contributed by atoms with Gasteiger partial charge in [-0.25, -0.2) is 9.37 Å². The normalized spacial score (nSPS) is 10.4. The fourth-order valence-corrected chi connectivity index (χ4v) is 2.44. The Morgan fingerprint density at radius 2 is 2.11 bits per heavy atom. The molecule has 1 N–H and O–H groups in total. The predicted octanol–water partition coefficient (Wildman–Crippen LogP) is 2.57. The molecule has 0 saturated carbocycles. The quantitative estimate of drug-likeness (QED) is 0.582. The molecule has 0 saturated heterocycles. The summed E-state index contributed by atoms with van der Waals surface area (Å²) in [5.74, 6) is -0.214. The van der Waals surface area contributed by atoms with Crippen molar-refractivity contribution in [2.45, 2.75) is 0 Å². The van der Waals surface area contributed by atoms with Crippen molar-refractivity contribution in [3.8, 4) is 17.6 Å². The minimum atomic E-state index is -0.522. The maximum Gasteiger partial charge on any atom is 0.260 e. The van der Waals surface area contributed by atoms with Crippen molar-refractivity contribution in [3.63, 3.8) is 0 Å². The molecule has 0 radical (unpaired) electrons. The van der Waals surface area contributed by atoms with E-state index in [1.54, 1.807) is 6.20 Å². The van der Waals surface area contributed by atoms with E-state index in [1.165, 1.54) is 47.4 Å². The van der Waals surface area contributed by atoms with Gasteiger partial charge in [-0.1, -0.05) is 0 Å². The van der Waals surface area contributed by atoms with Crippen LogP contribution in [0.25, 0.3) is 5.65 Å². The summed E-state index contributed by atoms with van der Waals surface area (Å²) >= 11 is 0. The predicted molar refractivity (Wildman–Crippen MR) is 94.2 cm³/mol. The van der Waals surface area contributed by atoms with E-state index in [2.05, 4.69) is 25.5 Å². The molecule has 0 unspecified atom stereocenters. The first-order valence-corrected chi connectivity index (χ1v) is 7.92. The second-order valence-corrected chi connectivity index (χ2v) is 5.59. The number of carbonyl (C=O) groups is 1. The van der Waals surface area contributed by atoms with Crippen LogP contribution in [-0.4, -0.2) is 30.5 Å². The van der Waals surface area contributed by atoms with Crippen molar-refractivity contribution in [1.82, 2.24) is 24.6 Å². The lowest BCUT2D eigenvalue weighted by Gasteiger charge is -2.09. The molecule has 0 aromatic carbocycles. The molecule has 10 heteroatoms. The molecule has 9 nitrogen and oxygen atoms in total. The number of hydrogen-bond donors (Lipinski definition) is 1. The van der Waals surface area contributed by atoms with Gasteiger partial charge in [-0.15, -0.1) is 10.2 Å². The number of amides is 1. The van der Waals surface area contributed by atoms with Crippen LogP contribution in [0.1, 0.15) is 15.9 Å². The number of pyridine rings is 3. The number of ether oxygens (including phenoxy) is 1. The molecule has 4 aromatic heterocycles. The lowest BCUT2D eigenvalue weighted by Crippen LogP contribution is -2.14. The zero-order valence-corrected chi connectivity index (χ0v) is 14.1. The molecule has 1 amide bonds. The largest absolute Gasteiger partial charge is 0.454 e. The SMILES string of the molecule is N#Cc1cncc(Oc2cc(C(=O)Nc3ccc(F)cn3)c3nncn3c2)c1. The lowest BCUT2D eigenvalue weighted by atomic mass is 10.2. The molecule has 0 atom stereocenters. The van der Waals surface area contributed by atoms with E-state index in [1.807, 2.05) is 6.07 Å². The number of rotatable bonds is 4. The number of hydrogen-bond acceptors (Lipinski definition) is 7. The van der Waals surface area contributed by atoms with E-state index in [0.29, 0.717) is 22.7 Å². The minimum absolute atomic E-state index is 0.172. The maximum atomic E-state index is 13.0. The summed E-state index contributed by atoms with van der Waals surface area (Å²) in [5.41, 5.74) is 0.810. The average molecular weight is 375 g/mol. The number of nitrogens with zero attached hydrogens (tertiary/aromatic N) is 6. The smallest absolute Gasteiger partial charge is 0.260 e. The number of nitriles is 1. The number of aromatic nitrogens is 5. The third kappa shape index (κ3) is 3.45. The highest BCUT2D eigenvalue weighted by Crippen LogP contribution is 2.24. The van der Waals surface area contributed by atoms with Crippen LogP contribution in [0.4, 0.5) is 10.2 Å². The minimum Gasteiger partial charge on any atom is -0.454 e.